The van der Waals surface area contributed by atoms with Gasteiger partial charge in [0.1, 0.15) is 11.9 Å². The molecule has 0 fully saturated rings. The zero-order chi connectivity index (χ0) is 29.4. The fraction of sp³-hybridized carbons (Fsp3) is 0.517. The Morgan fingerprint density at radius 2 is 1.88 bits per heavy atom. The van der Waals surface area contributed by atoms with E-state index >= 15 is 0 Å². The van der Waals surface area contributed by atoms with Gasteiger partial charge in [0, 0.05) is 37.2 Å². The molecule has 3 rings (SSSR count). The Morgan fingerprint density at radius 1 is 1.18 bits per heavy atom. The third-order valence-electron chi connectivity index (χ3n) is 7.10. The Balaban J connectivity index is 1.90. The molecule has 220 valence electrons. The summed E-state index contributed by atoms with van der Waals surface area (Å²) in [6, 6.07) is 13.0. The highest BCUT2D eigenvalue weighted by molar-refractivity contribution is 7.89. The maximum atomic E-state index is 13.4. The summed E-state index contributed by atoms with van der Waals surface area (Å²) in [4.78, 5) is 29.7. The summed E-state index contributed by atoms with van der Waals surface area (Å²) in [6.07, 6.45) is 0.516. The molecule has 0 unspecified atom stereocenters. The molecule has 40 heavy (non-hydrogen) atoms. The van der Waals surface area contributed by atoms with E-state index in [2.05, 4.69) is 5.32 Å². The lowest BCUT2D eigenvalue weighted by atomic mass is 10.0. The van der Waals surface area contributed by atoms with Gasteiger partial charge in [-0.3, -0.25) is 9.59 Å². The summed E-state index contributed by atoms with van der Waals surface area (Å²) in [7, 11) is 1.66. The standard InChI is InChI=1S/C29H42N4O6S/c1-21-18-33(22(2)20-34)29(36)17-23-16-24(30-28(35)12-9-15-31(3)4)13-14-26(23)39-27(21)19-32(5)40(37,38)25-10-7-6-8-11-25/h6-8,10-11,13-14,16,21-22,27,34H,9,12,15,17-20H2,1-5H3,(H,30,35)/t21-,22+,27+/m0/s1. The predicted octanol–water partition coefficient (Wildman–Crippen LogP) is 2.44. The van der Waals surface area contributed by atoms with Crippen molar-refractivity contribution in [1.29, 1.82) is 0 Å². The van der Waals surface area contributed by atoms with Gasteiger partial charge in [-0.05, 0) is 64.3 Å². The SMILES string of the molecule is C[C@H](CO)N1C[C@H](C)[C@@H](CN(C)S(=O)(=O)c2ccccc2)Oc2ccc(NC(=O)CCCN(C)C)cc2CC1=O. The van der Waals surface area contributed by atoms with Crippen molar-refractivity contribution in [3.05, 3.63) is 54.1 Å². The van der Waals surface area contributed by atoms with E-state index in [0.29, 0.717) is 23.4 Å². The topological polar surface area (TPSA) is 119 Å². The molecule has 0 saturated carbocycles. The minimum Gasteiger partial charge on any atom is -0.488 e. The van der Waals surface area contributed by atoms with Crippen molar-refractivity contribution in [1.82, 2.24) is 14.1 Å². The molecule has 0 aromatic heterocycles. The lowest BCUT2D eigenvalue weighted by Crippen LogP contribution is -2.48. The number of aliphatic hydroxyl groups is 1. The van der Waals surface area contributed by atoms with E-state index in [9.17, 15) is 23.1 Å². The Labute approximate surface area is 238 Å². The number of rotatable bonds is 11. The Kier molecular flexibility index (Phi) is 11.1. The summed E-state index contributed by atoms with van der Waals surface area (Å²) in [5.74, 6) is -0.0984. The second-order valence-corrected chi connectivity index (χ2v) is 12.8. The number of nitrogens with zero attached hydrogens (tertiary/aromatic N) is 3. The van der Waals surface area contributed by atoms with E-state index in [4.69, 9.17) is 4.74 Å². The van der Waals surface area contributed by atoms with Crippen LogP contribution in [0, 0.1) is 5.92 Å². The van der Waals surface area contributed by atoms with E-state index in [0.717, 1.165) is 13.0 Å². The van der Waals surface area contributed by atoms with E-state index in [1.165, 1.54) is 11.4 Å². The number of hydrogen-bond acceptors (Lipinski definition) is 7. The van der Waals surface area contributed by atoms with Crippen LogP contribution in [0.15, 0.2) is 53.4 Å². The molecule has 0 spiro atoms. The maximum absolute atomic E-state index is 13.4. The van der Waals surface area contributed by atoms with E-state index in [1.807, 2.05) is 25.9 Å². The zero-order valence-electron chi connectivity index (χ0n) is 24.0. The van der Waals surface area contributed by atoms with Crippen molar-refractivity contribution in [2.75, 3.05) is 52.7 Å². The molecule has 3 atom stereocenters. The highest BCUT2D eigenvalue weighted by Crippen LogP contribution is 2.30. The Morgan fingerprint density at radius 3 is 2.52 bits per heavy atom. The molecule has 11 heteroatoms. The van der Waals surface area contributed by atoms with Crippen molar-refractivity contribution < 1.29 is 27.9 Å². The van der Waals surface area contributed by atoms with Gasteiger partial charge in [-0.2, -0.15) is 4.31 Å². The molecule has 0 bridgehead atoms. The van der Waals surface area contributed by atoms with Gasteiger partial charge < -0.3 is 25.0 Å². The molecule has 0 saturated heterocycles. The van der Waals surface area contributed by atoms with Gasteiger partial charge in [0.15, 0.2) is 0 Å². The van der Waals surface area contributed by atoms with Gasteiger partial charge in [0.05, 0.1) is 30.5 Å². The van der Waals surface area contributed by atoms with Crippen molar-refractivity contribution in [3.8, 4) is 5.75 Å². The molecular weight excluding hydrogens is 532 g/mol. The first kappa shape index (κ1) is 31.5. The van der Waals surface area contributed by atoms with Crippen molar-refractivity contribution in [2.24, 2.45) is 5.92 Å². The lowest BCUT2D eigenvalue weighted by Gasteiger charge is -2.33. The summed E-state index contributed by atoms with van der Waals surface area (Å²) >= 11 is 0. The summed E-state index contributed by atoms with van der Waals surface area (Å²) in [5, 5.41) is 12.8. The Hall–Kier alpha value is -2.99. The average molecular weight is 575 g/mol. The number of ether oxygens (including phenoxy) is 1. The van der Waals surface area contributed by atoms with Gasteiger partial charge in [0.2, 0.25) is 21.8 Å². The molecule has 0 aliphatic carbocycles. The largest absolute Gasteiger partial charge is 0.488 e. The Bertz CT molecular complexity index is 1250. The monoisotopic (exact) mass is 574 g/mol. The fourth-order valence-electron chi connectivity index (χ4n) is 4.63. The number of fused-ring (bicyclic) bond motifs is 1. The zero-order valence-corrected chi connectivity index (χ0v) is 24.9. The highest BCUT2D eigenvalue weighted by atomic mass is 32.2. The molecule has 1 aliphatic rings. The molecule has 2 aromatic carbocycles. The number of aliphatic hydroxyl groups excluding tert-OH is 1. The third-order valence-corrected chi connectivity index (χ3v) is 8.94. The quantitative estimate of drug-likeness (QED) is 0.423. The third kappa shape index (κ3) is 8.26. The van der Waals surface area contributed by atoms with E-state index < -0.39 is 22.2 Å². The molecular formula is C29H42N4O6S. The summed E-state index contributed by atoms with van der Waals surface area (Å²) < 4.78 is 34.2. The van der Waals surface area contributed by atoms with Crippen LogP contribution in [0.3, 0.4) is 0 Å². The van der Waals surface area contributed by atoms with Gasteiger partial charge in [-0.25, -0.2) is 8.42 Å². The van der Waals surface area contributed by atoms with Crippen LogP contribution in [0.4, 0.5) is 5.69 Å². The fourth-order valence-corrected chi connectivity index (χ4v) is 5.83. The molecule has 10 nitrogen and oxygen atoms in total. The highest BCUT2D eigenvalue weighted by Gasteiger charge is 2.33. The van der Waals surface area contributed by atoms with E-state index in [-0.39, 0.29) is 48.7 Å². The molecule has 1 aliphatic heterocycles. The number of benzene rings is 2. The van der Waals surface area contributed by atoms with Crippen LogP contribution in [-0.4, -0.2) is 99.0 Å². The molecule has 2 aromatic rings. The molecule has 0 radical (unpaired) electrons. The maximum Gasteiger partial charge on any atom is 0.242 e. The predicted molar refractivity (Wildman–Crippen MR) is 155 cm³/mol. The molecule has 2 N–H and O–H groups in total. The number of amides is 2. The van der Waals surface area contributed by atoms with Crippen LogP contribution in [0.25, 0.3) is 0 Å². The number of sulfonamides is 1. The molecule has 2 amide bonds. The smallest absolute Gasteiger partial charge is 0.242 e. The van der Waals surface area contributed by atoms with Crippen LogP contribution in [0.2, 0.25) is 0 Å². The lowest BCUT2D eigenvalue weighted by molar-refractivity contribution is -0.134. The van der Waals surface area contributed by atoms with Gasteiger partial charge in [0.25, 0.3) is 0 Å². The number of carbonyl (C=O) groups excluding carboxylic acids is 2. The first-order valence-corrected chi connectivity index (χ1v) is 15.0. The minimum absolute atomic E-state index is 0.0155. The summed E-state index contributed by atoms with van der Waals surface area (Å²) in [5.41, 5.74) is 1.14. The number of likely N-dealkylation sites (N-methyl/N-ethyl adjacent to an activating group) is 1. The van der Waals surface area contributed by atoms with Crippen LogP contribution in [-0.2, 0) is 26.0 Å². The first-order chi connectivity index (χ1) is 18.9. The van der Waals surface area contributed by atoms with Crippen molar-refractivity contribution in [2.45, 2.75) is 50.2 Å². The number of anilines is 1. The second kappa shape index (κ2) is 14.1. The van der Waals surface area contributed by atoms with Crippen LogP contribution < -0.4 is 10.1 Å². The number of nitrogens with one attached hydrogen (secondary N) is 1. The number of carbonyl (C=O) groups is 2. The van der Waals surface area contributed by atoms with Gasteiger partial charge in [-0.15, -0.1) is 0 Å². The van der Waals surface area contributed by atoms with Crippen molar-refractivity contribution in [3.63, 3.8) is 0 Å². The van der Waals surface area contributed by atoms with Crippen LogP contribution >= 0.6 is 0 Å². The number of hydrogen-bond donors (Lipinski definition) is 2. The van der Waals surface area contributed by atoms with Crippen LogP contribution in [0.1, 0.15) is 32.3 Å². The molecule has 1 heterocycles. The average Bonchev–Trinajstić information content (AvgIpc) is 2.96. The van der Waals surface area contributed by atoms with Gasteiger partial charge >= 0.3 is 0 Å². The normalized spacial score (nSPS) is 18.9. The first-order valence-electron chi connectivity index (χ1n) is 13.6. The van der Waals surface area contributed by atoms with Gasteiger partial charge in [-0.1, -0.05) is 25.1 Å². The van der Waals surface area contributed by atoms with Crippen LogP contribution in [0.5, 0.6) is 5.75 Å². The summed E-state index contributed by atoms with van der Waals surface area (Å²) in [6.45, 7) is 4.61. The minimum atomic E-state index is -3.77. The second-order valence-electron chi connectivity index (χ2n) is 10.8. The van der Waals surface area contributed by atoms with E-state index in [1.54, 1.807) is 60.4 Å². The van der Waals surface area contributed by atoms with Crippen molar-refractivity contribution >= 4 is 27.5 Å².